The summed E-state index contributed by atoms with van der Waals surface area (Å²) in [6.45, 7) is 9.15. The first kappa shape index (κ1) is 19.3. The zero-order valence-electron chi connectivity index (χ0n) is 16.4. The Morgan fingerprint density at radius 3 is 2.41 bits per heavy atom. The predicted octanol–water partition coefficient (Wildman–Crippen LogP) is 2.65. The highest BCUT2D eigenvalue weighted by molar-refractivity contribution is 5.77. The SMILES string of the molecule is Cc1cc(N2CCN(C(=O)CC(N)c3ccccc3)CC2)nc(C(C)C)n1. The molecule has 0 aliphatic carbocycles. The molecule has 2 heterocycles. The quantitative estimate of drug-likeness (QED) is 0.879. The molecular formula is C21H29N5O. The minimum Gasteiger partial charge on any atom is -0.353 e. The van der Waals surface area contributed by atoms with E-state index >= 15 is 0 Å². The van der Waals surface area contributed by atoms with Crippen LogP contribution in [0.25, 0.3) is 0 Å². The summed E-state index contributed by atoms with van der Waals surface area (Å²) in [6.07, 6.45) is 0.341. The molecule has 1 aromatic heterocycles. The van der Waals surface area contributed by atoms with Gasteiger partial charge < -0.3 is 15.5 Å². The van der Waals surface area contributed by atoms with Crippen molar-refractivity contribution in [2.75, 3.05) is 31.1 Å². The average molecular weight is 367 g/mol. The van der Waals surface area contributed by atoms with Gasteiger partial charge in [0.1, 0.15) is 11.6 Å². The van der Waals surface area contributed by atoms with Crippen molar-refractivity contribution in [1.82, 2.24) is 14.9 Å². The second-order valence-corrected chi connectivity index (χ2v) is 7.47. The van der Waals surface area contributed by atoms with E-state index in [1.807, 2.05) is 48.2 Å². The first-order chi connectivity index (χ1) is 12.9. The topological polar surface area (TPSA) is 75.3 Å². The zero-order chi connectivity index (χ0) is 19.4. The third-order valence-electron chi connectivity index (χ3n) is 4.95. The van der Waals surface area contributed by atoms with Crippen LogP contribution in [0, 0.1) is 6.92 Å². The number of aromatic nitrogens is 2. The second kappa shape index (κ2) is 8.48. The van der Waals surface area contributed by atoms with Gasteiger partial charge in [-0.2, -0.15) is 0 Å². The minimum absolute atomic E-state index is 0.118. The molecule has 1 atom stereocenters. The van der Waals surface area contributed by atoms with E-state index in [2.05, 4.69) is 23.7 Å². The van der Waals surface area contributed by atoms with Crippen LogP contribution < -0.4 is 10.6 Å². The summed E-state index contributed by atoms with van der Waals surface area (Å²) in [4.78, 5) is 26.0. The van der Waals surface area contributed by atoms with Crippen LogP contribution in [-0.4, -0.2) is 47.0 Å². The van der Waals surface area contributed by atoms with E-state index in [4.69, 9.17) is 10.7 Å². The maximum atomic E-state index is 12.6. The Labute approximate surface area is 161 Å². The van der Waals surface area contributed by atoms with Crippen LogP contribution in [0.1, 0.15) is 49.3 Å². The van der Waals surface area contributed by atoms with Crippen molar-refractivity contribution in [3.05, 3.63) is 53.5 Å². The van der Waals surface area contributed by atoms with Crippen molar-refractivity contribution in [1.29, 1.82) is 0 Å². The molecular weight excluding hydrogens is 338 g/mol. The lowest BCUT2D eigenvalue weighted by Gasteiger charge is -2.36. The largest absolute Gasteiger partial charge is 0.353 e. The minimum atomic E-state index is -0.255. The number of hydrogen-bond acceptors (Lipinski definition) is 5. The lowest BCUT2D eigenvalue weighted by molar-refractivity contribution is -0.131. The highest BCUT2D eigenvalue weighted by Crippen LogP contribution is 2.20. The molecule has 3 rings (SSSR count). The van der Waals surface area contributed by atoms with Crippen molar-refractivity contribution >= 4 is 11.7 Å². The number of carbonyl (C=O) groups excluding carboxylic acids is 1. The fourth-order valence-electron chi connectivity index (χ4n) is 3.31. The Kier molecular flexibility index (Phi) is 6.06. The van der Waals surface area contributed by atoms with E-state index < -0.39 is 0 Å². The van der Waals surface area contributed by atoms with Crippen LogP contribution in [0.2, 0.25) is 0 Å². The van der Waals surface area contributed by atoms with Gasteiger partial charge in [0.25, 0.3) is 0 Å². The van der Waals surface area contributed by atoms with Gasteiger partial charge in [-0.15, -0.1) is 0 Å². The van der Waals surface area contributed by atoms with Crippen LogP contribution in [0.15, 0.2) is 36.4 Å². The molecule has 6 heteroatoms. The smallest absolute Gasteiger partial charge is 0.224 e. The van der Waals surface area contributed by atoms with Gasteiger partial charge in [0.2, 0.25) is 5.91 Å². The first-order valence-electron chi connectivity index (χ1n) is 9.63. The molecule has 144 valence electrons. The fourth-order valence-corrected chi connectivity index (χ4v) is 3.31. The number of nitrogens with two attached hydrogens (primary N) is 1. The summed E-state index contributed by atoms with van der Waals surface area (Å²) in [5.74, 6) is 2.25. The molecule has 1 aliphatic rings. The van der Waals surface area contributed by atoms with Gasteiger partial charge in [0.15, 0.2) is 0 Å². The summed E-state index contributed by atoms with van der Waals surface area (Å²) in [7, 11) is 0. The maximum absolute atomic E-state index is 12.6. The van der Waals surface area contributed by atoms with E-state index in [9.17, 15) is 4.79 Å². The van der Waals surface area contributed by atoms with E-state index in [0.29, 0.717) is 25.4 Å². The highest BCUT2D eigenvalue weighted by atomic mass is 16.2. The summed E-state index contributed by atoms with van der Waals surface area (Å²) in [6, 6.07) is 11.6. The molecule has 0 radical (unpaired) electrons. The molecule has 0 bridgehead atoms. The van der Waals surface area contributed by atoms with Crippen LogP contribution >= 0.6 is 0 Å². The summed E-state index contributed by atoms with van der Waals surface area (Å²) in [5.41, 5.74) is 8.19. The number of hydrogen-bond donors (Lipinski definition) is 1. The monoisotopic (exact) mass is 367 g/mol. The molecule has 1 amide bonds. The lowest BCUT2D eigenvalue weighted by Crippen LogP contribution is -2.49. The third-order valence-corrected chi connectivity index (χ3v) is 4.95. The molecule has 1 unspecified atom stereocenters. The van der Waals surface area contributed by atoms with Gasteiger partial charge in [0, 0.05) is 56.3 Å². The molecule has 1 fully saturated rings. The van der Waals surface area contributed by atoms with Gasteiger partial charge in [-0.1, -0.05) is 44.2 Å². The Bertz CT molecular complexity index is 769. The Morgan fingerprint density at radius 2 is 1.78 bits per heavy atom. The Morgan fingerprint density at radius 1 is 1.11 bits per heavy atom. The normalized spacial score (nSPS) is 15.9. The van der Waals surface area contributed by atoms with Gasteiger partial charge >= 0.3 is 0 Å². The Hall–Kier alpha value is -2.47. The van der Waals surface area contributed by atoms with E-state index in [0.717, 1.165) is 36.0 Å². The Balaban J connectivity index is 1.58. The standard InChI is InChI=1S/C21H29N5O/c1-15(2)21-23-16(3)13-19(24-21)25-9-11-26(12-10-25)20(27)14-18(22)17-7-5-4-6-8-17/h4-8,13,15,18H,9-12,14,22H2,1-3H3. The second-order valence-electron chi connectivity index (χ2n) is 7.47. The van der Waals surface area contributed by atoms with Crippen molar-refractivity contribution in [3.63, 3.8) is 0 Å². The molecule has 1 aromatic carbocycles. The number of anilines is 1. The number of piperazine rings is 1. The van der Waals surface area contributed by atoms with Crippen molar-refractivity contribution in [2.24, 2.45) is 5.73 Å². The number of nitrogens with zero attached hydrogens (tertiary/aromatic N) is 4. The van der Waals surface area contributed by atoms with Crippen molar-refractivity contribution in [3.8, 4) is 0 Å². The zero-order valence-corrected chi connectivity index (χ0v) is 16.4. The van der Waals surface area contributed by atoms with Crippen LogP contribution in [0.5, 0.6) is 0 Å². The molecule has 6 nitrogen and oxygen atoms in total. The van der Waals surface area contributed by atoms with Gasteiger partial charge in [0.05, 0.1) is 0 Å². The highest BCUT2D eigenvalue weighted by Gasteiger charge is 2.24. The summed E-state index contributed by atoms with van der Waals surface area (Å²) in [5, 5.41) is 0. The average Bonchev–Trinajstić information content (AvgIpc) is 2.68. The molecule has 2 aromatic rings. The summed E-state index contributed by atoms with van der Waals surface area (Å²) >= 11 is 0. The van der Waals surface area contributed by atoms with E-state index in [-0.39, 0.29) is 11.9 Å². The molecule has 2 N–H and O–H groups in total. The third kappa shape index (κ3) is 4.83. The number of aryl methyl sites for hydroxylation is 1. The van der Waals surface area contributed by atoms with Crippen molar-refractivity contribution in [2.45, 2.75) is 39.2 Å². The molecule has 1 saturated heterocycles. The van der Waals surface area contributed by atoms with Gasteiger partial charge in [-0.3, -0.25) is 4.79 Å². The number of amides is 1. The lowest BCUT2D eigenvalue weighted by atomic mass is 10.0. The molecule has 27 heavy (non-hydrogen) atoms. The van der Waals surface area contributed by atoms with Crippen LogP contribution in [0.3, 0.4) is 0 Å². The molecule has 0 saturated carbocycles. The van der Waals surface area contributed by atoms with E-state index in [1.165, 1.54) is 0 Å². The number of benzene rings is 1. The predicted molar refractivity (Wildman–Crippen MR) is 108 cm³/mol. The van der Waals surface area contributed by atoms with Crippen molar-refractivity contribution < 1.29 is 4.79 Å². The summed E-state index contributed by atoms with van der Waals surface area (Å²) < 4.78 is 0. The number of rotatable bonds is 5. The molecule has 0 spiro atoms. The fraction of sp³-hybridized carbons (Fsp3) is 0.476. The van der Waals surface area contributed by atoms with Crippen LogP contribution in [-0.2, 0) is 4.79 Å². The first-order valence-corrected chi connectivity index (χ1v) is 9.63. The van der Waals surface area contributed by atoms with Crippen LogP contribution in [0.4, 0.5) is 5.82 Å². The van der Waals surface area contributed by atoms with E-state index in [1.54, 1.807) is 0 Å². The number of carbonyl (C=O) groups is 1. The maximum Gasteiger partial charge on any atom is 0.224 e. The van der Waals surface area contributed by atoms with Gasteiger partial charge in [-0.05, 0) is 12.5 Å². The van der Waals surface area contributed by atoms with Gasteiger partial charge in [-0.25, -0.2) is 9.97 Å². The molecule has 1 aliphatic heterocycles.